The van der Waals surface area contributed by atoms with E-state index in [0.717, 1.165) is 51.8 Å². The monoisotopic (exact) mass is 411 g/mol. The van der Waals surface area contributed by atoms with E-state index in [-0.39, 0.29) is 5.91 Å². The molecule has 0 bridgehead atoms. The van der Waals surface area contributed by atoms with Crippen LogP contribution in [0.4, 0.5) is 0 Å². The van der Waals surface area contributed by atoms with E-state index in [9.17, 15) is 4.79 Å². The van der Waals surface area contributed by atoms with Crippen LogP contribution in [0.5, 0.6) is 0 Å². The van der Waals surface area contributed by atoms with Crippen LogP contribution in [0, 0.1) is 12.8 Å². The van der Waals surface area contributed by atoms with Crippen molar-refractivity contribution < 1.29 is 4.79 Å². The van der Waals surface area contributed by atoms with Gasteiger partial charge in [-0.1, -0.05) is 18.5 Å². The van der Waals surface area contributed by atoms with Gasteiger partial charge in [0.15, 0.2) is 0 Å². The highest BCUT2D eigenvalue weighted by molar-refractivity contribution is 7.24. The zero-order valence-electron chi connectivity index (χ0n) is 15.4. The molecule has 0 saturated carbocycles. The van der Waals surface area contributed by atoms with E-state index in [0.29, 0.717) is 4.88 Å². The minimum Gasteiger partial charge on any atom is -0.351 e. The number of aryl methyl sites for hydroxylation is 1. The first-order valence-electron chi connectivity index (χ1n) is 9.26. The Labute approximate surface area is 168 Å². The number of thiazole rings is 1. The van der Waals surface area contributed by atoms with Crippen LogP contribution in [0.15, 0.2) is 12.1 Å². The number of amides is 1. The molecular weight excluding hydrogens is 386 g/mol. The number of carbonyl (C=O) groups excluding carboxylic acids is 1. The van der Waals surface area contributed by atoms with Gasteiger partial charge >= 0.3 is 0 Å². The van der Waals surface area contributed by atoms with Crippen LogP contribution in [0.2, 0.25) is 4.34 Å². The number of nitrogens with one attached hydrogen (secondary N) is 1. The predicted molar refractivity (Wildman–Crippen MR) is 112 cm³/mol. The number of unbranched alkanes of at least 4 members (excludes halogenated alkanes) is 1. The lowest BCUT2D eigenvalue weighted by Crippen LogP contribution is -2.35. The van der Waals surface area contributed by atoms with E-state index in [2.05, 4.69) is 22.1 Å². The van der Waals surface area contributed by atoms with E-state index in [1.54, 1.807) is 0 Å². The number of hydrogen-bond acceptors (Lipinski definition) is 5. The summed E-state index contributed by atoms with van der Waals surface area (Å²) < 4.78 is 0.738. The molecule has 1 N–H and O–H groups in total. The number of piperidine rings is 1. The number of hydrogen-bond donors (Lipinski definition) is 1. The first-order chi connectivity index (χ1) is 12.5. The second-order valence-corrected chi connectivity index (χ2v) is 9.76. The molecule has 1 amide bonds. The Morgan fingerprint density at radius 3 is 2.96 bits per heavy atom. The third-order valence-corrected chi connectivity index (χ3v) is 7.27. The number of halogens is 1. The topological polar surface area (TPSA) is 45.2 Å². The van der Waals surface area contributed by atoms with Crippen molar-refractivity contribution in [3.8, 4) is 9.88 Å². The van der Waals surface area contributed by atoms with Crippen molar-refractivity contribution in [3.63, 3.8) is 0 Å². The van der Waals surface area contributed by atoms with Crippen molar-refractivity contribution in [3.05, 3.63) is 27.0 Å². The fraction of sp³-hybridized carbons (Fsp3) is 0.579. The summed E-state index contributed by atoms with van der Waals surface area (Å²) in [5.74, 6) is 0.811. The Balaban J connectivity index is 1.43. The summed E-state index contributed by atoms with van der Waals surface area (Å²) in [7, 11) is 0. The molecule has 3 heterocycles. The third kappa shape index (κ3) is 5.28. The van der Waals surface area contributed by atoms with Gasteiger partial charge < -0.3 is 10.2 Å². The first-order valence-corrected chi connectivity index (χ1v) is 11.3. The average molecular weight is 412 g/mol. The van der Waals surface area contributed by atoms with Crippen LogP contribution in [-0.2, 0) is 0 Å². The minimum atomic E-state index is -0.0134. The lowest BCUT2D eigenvalue weighted by molar-refractivity contribution is 0.0955. The average Bonchev–Trinajstić information content (AvgIpc) is 3.20. The van der Waals surface area contributed by atoms with Crippen molar-refractivity contribution in [2.45, 2.75) is 39.5 Å². The van der Waals surface area contributed by atoms with Gasteiger partial charge in [0.25, 0.3) is 5.91 Å². The Bertz CT molecular complexity index is 743. The third-order valence-electron chi connectivity index (χ3n) is 4.71. The molecule has 0 aliphatic carbocycles. The summed E-state index contributed by atoms with van der Waals surface area (Å²) in [4.78, 5) is 21.3. The quantitative estimate of drug-likeness (QED) is 0.646. The molecule has 2 aromatic heterocycles. The zero-order chi connectivity index (χ0) is 18.5. The summed E-state index contributed by atoms with van der Waals surface area (Å²) >= 11 is 8.93. The second-order valence-electron chi connectivity index (χ2n) is 7.05. The number of aromatic nitrogens is 1. The van der Waals surface area contributed by atoms with Gasteiger partial charge in [0.05, 0.1) is 14.9 Å². The summed E-state index contributed by atoms with van der Waals surface area (Å²) in [5, 5.41) is 3.91. The van der Waals surface area contributed by atoms with Crippen LogP contribution in [-0.4, -0.2) is 42.0 Å². The van der Waals surface area contributed by atoms with Crippen molar-refractivity contribution in [1.82, 2.24) is 15.2 Å². The lowest BCUT2D eigenvalue weighted by atomic mass is 10.0. The molecule has 2 aromatic rings. The maximum atomic E-state index is 12.4. The zero-order valence-corrected chi connectivity index (χ0v) is 17.8. The van der Waals surface area contributed by atoms with Crippen molar-refractivity contribution in [1.29, 1.82) is 0 Å². The molecule has 1 aliphatic heterocycles. The molecule has 0 spiro atoms. The van der Waals surface area contributed by atoms with Gasteiger partial charge in [0.1, 0.15) is 9.88 Å². The SMILES string of the molecule is Cc1nc(-c2ccc(Cl)s2)sc1C(=O)NCCCCN1CCCC(C)C1. The molecule has 0 radical (unpaired) electrons. The molecule has 1 unspecified atom stereocenters. The summed E-state index contributed by atoms with van der Waals surface area (Å²) in [6.07, 6.45) is 4.83. The minimum absolute atomic E-state index is 0.0134. The molecule has 1 atom stereocenters. The predicted octanol–water partition coefficient (Wildman–Crippen LogP) is 5.08. The highest BCUT2D eigenvalue weighted by atomic mass is 35.5. The van der Waals surface area contributed by atoms with Crippen LogP contribution >= 0.6 is 34.3 Å². The molecule has 1 aliphatic rings. The Morgan fingerprint density at radius 1 is 1.38 bits per heavy atom. The van der Waals surface area contributed by atoms with Crippen LogP contribution in [0.25, 0.3) is 9.88 Å². The van der Waals surface area contributed by atoms with E-state index >= 15 is 0 Å². The maximum absolute atomic E-state index is 12.4. The summed E-state index contributed by atoms with van der Waals surface area (Å²) in [5.41, 5.74) is 0.786. The van der Waals surface area contributed by atoms with Crippen LogP contribution in [0.1, 0.15) is 48.0 Å². The van der Waals surface area contributed by atoms with Crippen LogP contribution in [0.3, 0.4) is 0 Å². The van der Waals surface area contributed by atoms with Crippen LogP contribution < -0.4 is 5.32 Å². The van der Waals surface area contributed by atoms with Crippen molar-refractivity contribution >= 4 is 40.2 Å². The molecule has 7 heteroatoms. The molecule has 0 aromatic carbocycles. The largest absolute Gasteiger partial charge is 0.351 e. The van der Waals surface area contributed by atoms with E-state index in [4.69, 9.17) is 11.6 Å². The highest BCUT2D eigenvalue weighted by Gasteiger charge is 2.17. The van der Waals surface area contributed by atoms with Crippen molar-refractivity contribution in [2.24, 2.45) is 5.92 Å². The molecule has 1 saturated heterocycles. The number of nitrogens with zero attached hydrogens (tertiary/aromatic N) is 2. The number of likely N-dealkylation sites (tertiary alicyclic amines) is 1. The van der Waals surface area contributed by atoms with Gasteiger partial charge in [0, 0.05) is 13.1 Å². The van der Waals surface area contributed by atoms with E-state index < -0.39 is 0 Å². The summed E-state index contributed by atoms with van der Waals surface area (Å²) in [6, 6.07) is 3.82. The molecular formula is C19H26ClN3OS2. The Hall–Kier alpha value is -0.950. The van der Waals surface area contributed by atoms with Gasteiger partial charge in [-0.15, -0.1) is 22.7 Å². The van der Waals surface area contributed by atoms with E-state index in [1.165, 1.54) is 48.6 Å². The fourth-order valence-corrected chi connectivity index (χ4v) is 5.45. The van der Waals surface area contributed by atoms with Gasteiger partial charge in [-0.05, 0) is 63.7 Å². The Kier molecular flexibility index (Phi) is 7.09. The smallest absolute Gasteiger partial charge is 0.263 e. The summed E-state index contributed by atoms with van der Waals surface area (Å²) in [6.45, 7) is 8.54. The number of thiophene rings is 1. The molecule has 142 valence electrons. The Morgan fingerprint density at radius 2 is 2.23 bits per heavy atom. The van der Waals surface area contributed by atoms with Gasteiger partial charge in [-0.3, -0.25) is 4.79 Å². The molecule has 3 rings (SSSR count). The molecule has 26 heavy (non-hydrogen) atoms. The fourth-order valence-electron chi connectivity index (χ4n) is 3.37. The number of rotatable bonds is 7. The van der Waals surface area contributed by atoms with Gasteiger partial charge in [0.2, 0.25) is 0 Å². The van der Waals surface area contributed by atoms with E-state index in [1.807, 2.05) is 19.1 Å². The lowest BCUT2D eigenvalue weighted by Gasteiger charge is -2.30. The standard InChI is InChI=1S/C19H26ClN3OS2/c1-13-6-5-11-23(12-13)10-4-3-9-21-18(24)17-14(2)22-19(26-17)15-7-8-16(20)25-15/h7-8,13H,3-6,9-12H2,1-2H3,(H,21,24). The molecule has 4 nitrogen and oxygen atoms in total. The maximum Gasteiger partial charge on any atom is 0.263 e. The normalized spacial score (nSPS) is 18.2. The number of carbonyl (C=O) groups is 1. The first kappa shape index (κ1) is 19.8. The molecule has 1 fully saturated rings. The second kappa shape index (κ2) is 9.31. The van der Waals surface area contributed by atoms with Gasteiger partial charge in [-0.25, -0.2) is 4.98 Å². The highest BCUT2D eigenvalue weighted by Crippen LogP contribution is 2.34. The van der Waals surface area contributed by atoms with Crippen molar-refractivity contribution in [2.75, 3.05) is 26.2 Å². The van der Waals surface area contributed by atoms with Gasteiger partial charge in [-0.2, -0.15) is 0 Å².